The van der Waals surface area contributed by atoms with E-state index in [1.54, 1.807) is 6.07 Å². The number of primary amides is 1. The molecule has 0 saturated carbocycles. The number of hydrogen-bond acceptors (Lipinski definition) is 4. The molecule has 2 rings (SSSR count). The molecule has 0 unspecified atom stereocenters. The van der Waals surface area contributed by atoms with Crippen molar-refractivity contribution in [1.82, 2.24) is 0 Å². The lowest BCUT2D eigenvalue weighted by Gasteiger charge is -2.33. The van der Waals surface area contributed by atoms with Crippen molar-refractivity contribution in [3.63, 3.8) is 0 Å². The largest absolute Gasteiger partial charge is 0.478 e. The van der Waals surface area contributed by atoms with Gasteiger partial charge < -0.3 is 21.5 Å². The number of carbonyl (C=O) groups is 2. The number of piperidine rings is 1. The van der Waals surface area contributed by atoms with E-state index < -0.39 is 5.97 Å². The Bertz CT molecular complexity index is 564. The minimum atomic E-state index is -1.01. The zero-order chi connectivity index (χ0) is 15.6. The van der Waals surface area contributed by atoms with Crippen LogP contribution >= 0.6 is 0 Å². The summed E-state index contributed by atoms with van der Waals surface area (Å²) in [5.74, 6) is -0.946. The molecule has 0 aromatic heterocycles. The van der Waals surface area contributed by atoms with E-state index in [1.807, 2.05) is 13.0 Å². The average molecular weight is 291 g/mol. The molecule has 21 heavy (non-hydrogen) atoms. The van der Waals surface area contributed by atoms with Gasteiger partial charge in [-0.1, -0.05) is 0 Å². The number of nitrogens with zero attached hydrogens (tertiary/aromatic N) is 1. The summed E-state index contributed by atoms with van der Waals surface area (Å²) < 4.78 is 0. The first kappa shape index (κ1) is 15.2. The number of anilines is 2. The molecule has 6 nitrogen and oxygen atoms in total. The van der Waals surface area contributed by atoms with Gasteiger partial charge in [-0.25, -0.2) is 4.79 Å². The molecule has 1 fully saturated rings. The van der Waals surface area contributed by atoms with E-state index >= 15 is 0 Å². The molecule has 0 bridgehead atoms. The second-order valence-corrected chi connectivity index (χ2v) is 5.63. The fourth-order valence-corrected chi connectivity index (χ4v) is 2.82. The van der Waals surface area contributed by atoms with E-state index in [1.165, 1.54) is 0 Å². The van der Waals surface area contributed by atoms with Gasteiger partial charge in [-0.05, 0) is 43.4 Å². The maximum atomic E-state index is 11.2. The van der Waals surface area contributed by atoms with Crippen molar-refractivity contribution in [2.24, 2.45) is 11.7 Å². The van der Waals surface area contributed by atoms with E-state index in [0.717, 1.165) is 37.2 Å². The van der Waals surface area contributed by atoms with Crippen molar-refractivity contribution < 1.29 is 14.7 Å². The van der Waals surface area contributed by atoms with Crippen LogP contribution in [-0.2, 0) is 4.79 Å². The number of hydrogen-bond donors (Lipinski definition) is 3. The molecule has 0 aliphatic carbocycles. The van der Waals surface area contributed by atoms with Crippen LogP contribution in [0.2, 0.25) is 0 Å². The smallest absolute Gasteiger partial charge is 0.337 e. The van der Waals surface area contributed by atoms with Crippen LogP contribution in [0.15, 0.2) is 12.1 Å². The van der Waals surface area contributed by atoms with E-state index in [4.69, 9.17) is 11.5 Å². The monoisotopic (exact) mass is 291 g/mol. The fraction of sp³-hybridized carbons (Fsp3) is 0.467. The first-order chi connectivity index (χ1) is 9.88. The van der Waals surface area contributed by atoms with E-state index in [-0.39, 0.29) is 11.5 Å². The first-order valence-electron chi connectivity index (χ1n) is 7.05. The zero-order valence-corrected chi connectivity index (χ0v) is 12.1. The van der Waals surface area contributed by atoms with Crippen LogP contribution in [0, 0.1) is 12.8 Å². The van der Waals surface area contributed by atoms with Crippen LogP contribution < -0.4 is 16.4 Å². The number of nitrogens with two attached hydrogens (primary N) is 2. The Balaban J connectivity index is 2.13. The zero-order valence-electron chi connectivity index (χ0n) is 12.1. The number of aryl methyl sites for hydroxylation is 1. The fourth-order valence-electron chi connectivity index (χ4n) is 2.82. The van der Waals surface area contributed by atoms with E-state index in [2.05, 4.69) is 4.90 Å². The minimum Gasteiger partial charge on any atom is -0.478 e. The summed E-state index contributed by atoms with van der Waals surface area (Å²) in [6, 6.07) is 3.54. The highest BCUT2D eigenvalue weighted by Gasteiger charge is 2.22. The van der Waals surface area contributed by atoms with Gasteiger partial charge in [0.05, 0.1) is 5.56 Å². The van der Waals surface area contributed by atoms with Gasteiger partial charge in [0.1, 0.15) is 0 Å². The summed E-state index contributed by atoms with van der Waals surface area (Å²) in [6.45, 7) is 3.39. The van der Waals surface area contributed by atoms with Gasteiger partial charge in [0.2, 0.25) is 5.91 Å². The SMILES string of the molecule is Cc1cc(N2CCC(CC(N)=O)CC2)cc(C(=O)O)c1N. The van der Waals surface area contributed by atoms with Crippen molar-refractivity contribution in [2.45, 2.75) is 26.2 Å². The van der Waals surface area contributed by atoms with Crippen molar-refractivity contribution in [1.29, 1.82) is 0 Å². The molecular weight excluding hydrogens is 270 g/mol. The minimum absolute atomic E-state index is 0.143. The molecule has 114 valence electrons. The summed E-state index contributed by atoms with van der Waals surface area (Å²) in [5, 5.41) is 9.20. The van der Waals surface area contributed by atoms with Crippen molar-refractivity contribution in [3.8, 4) is 0 Å². The number of nitrogen functional groups attached to an aromatic ring is 1. The van der Waals surface area contributed by atoms with Crippen LogP contribution in [0.5, 0.6) is 0 Å². The Labute approximate surface area is 123 Å². The topological polar surface area (TPSA) is 110 Å². The molecule has 0 radical (unpaired) electrons. The molecule has 5 N–H and O–H groups in total. The van der Waals surface area contributed by atoms with E-state index in [9.17, 15) is 14.7 Å². The molecule has 1 saturated heterocycles. The Morgan fingerprint density at radius 2 is 1.95 bits per heavy atom. The molecule has 1 aliphatic rings. The van der Waals surface area contributed by atoms with Crippen LogP contribution in [0.4, 0.5) is 11.4 Å². The molecule has 1 aromatic carbocycles. The number of benzene rings is 1. The maximum absolute atomic E-state index is 11.2. The Hall–Kier alpha value is -2.24. The summed E-state index contributed by atoms with van der Waals surface area (Å²) >= 11 is 0. The van der Waals surface area contributed by atoms with E-state index in [0.29, 0.717) is 18.0 Å². The third kappa shape index (κ3) is 3.45. The lowest BCUT2D eigenvalue weighted by Crippen LogP contribution is -2.35. The average Bonchev–Trinajstić information content (AvgIpc) is 2.41. The highest BCUT2D eigenvalue weighted by Crippen LogP contribution is 2.29. The van der Waals surface area contributed by atoms with Crippen LogP contribution in [0.25, 0.3) is 0 Å². The van der Waals surface area contributed by atoms with Crippen LogP contribution in [-0.4, -0.2) is 30.1 Å². The normalized spacial score (nSPS) is 16.0. The molecule has 1 heterocycles. The highest BCUT2D eigenvalue weighted by atomic mass is 16.4. The molecule has 0 atom stereocenters. The number of rotatable bonds is 4. The summed E-state index contributed by atoms with van der Waals surface area (Å²) in [4.78, 5) is 24.3. The van der Waals surface area contributed by atoms with Crippen LogP contribution in [0.1, 0.15) is 35.2 Å². The first-order valence-corrected chi connectivity index (χ1v) is 7.05. The second kappa shape index (κ2) is 6.03. The Kier molecular flexibility index (Phi) is 4.35. The van der Waals surface area contributed by atoms with Crippen molar-refractivity contribution in [3.05, 3.63) is 23.3 Å². The second-order valence-electron chi connectivity index (χ2n) is 5.63. The molecule has 1 aliphatic heterocycles. The highest BCUT2D eigenvalue weighted by molar-refractivity contribution is 5.95. The molecule has 6 heteroatoms. The quantitative estimate of drug-likeness (QED) is 0.726. The third-order valence-electron chi connectivity index (χ3n) is 4.07. The maximum Gasteiger partial charge on any atom is 0.337 e. The molecule has 0 spiro atoms. The predicted octanol–water partition coefficient (Wildman–Crippen LogP) is 1.37. The lowest BCUT2D eigenvalue weighted by molar-refractivity contribution is -0.119. The van der Waals surface area contributed by atoms with Gasteiger partial charge in [-0.15, -0.1) is 0 Å². The van der Waals surface area contributed by atoms with Gasteiger partial charge in [-0.3, -0.25) is 4.79 Å². The van der Waals surface area contributed by atoms with Gasteiger partial charge in [-0.2, -0.15) is 0 Å². The number of amides is 1. The standard InChI is InChI=1S/C15H21N3O3/c1-9-6-11(8-12(14(9)17)15(20)21)18-4-2-10(3-5-18)7-13(16)19/h6,8,10H,2-5,7,17H2,1H3,(H2,16,19)(H,20,21). The van der Waals surface area contributed by atoms with Crippen LogP contribution in [0.3, 0.4) is 0 Å². The number of carboxylic acid groups (broad SMARTS) is 1. The summed E-state index contributed by atoms with van der Waals surface area (Å²) in [5.41, 5.74) is 13.1. The number of carboxylic acids is 1. The van der Waals surface area contributed by atoms with Crippen molar-refractivity contribution in [2.75, 3.05) is 23.7 Å². The number of aromatic carboxylic acids is 1. The molecular formula is C15H21N3O3. The van der Waals surface area contributed by atoms with Crippen molar-refractivity contribution >= 4 is 23.3 Å². The Morgan fingerprint density at radius 1 is 1.33 bits per heavy atom. The number of carbonyl (C=O) groups excluding carboxylic acids is 1. The van der Waals surface area contributed by atoms with Gasteiger partial charge in [0, 0.05) is 30.9 Å². The molecule has 1 aromatic rings. The lowest BCUT2D eigenvalue weighted by atomic mass is 9.92. The van der Waals surface area contributed by atoms with Gasteiger partial charge >= 0.3 is 5.97 Å². The predicted molar refractivity (Wildman–Crippen MR) is 81.3 cm³/mol. The Morgan fingerprint density at radius 3 is 2.48 bits per heavy atom. The van der Waals surface area contributed by atoms with Gasteiger partial charge in [0.15, 0.2) is 0 Å². The van der Waals surface area contributed by atoms with Gasteiger partial charge in [0.25, 0.3) is 0 Å². The summed E-state index contributed by atoms with van der Waals surface area (Å²) in [6.07, 6.45) is 2.19. The molecule has 1 amide bonds. The summed E-state index contributed by atoms with van der Waals surface area (Å²) in [7, 11) is 0. The third-order valence-corrected chi connectivity index (χ3v) is 4.07.